The molecule has 4 aromatic rings. The molecule has 0 aliphatic heterocycles. The molecule has 0 saturated heterocycles. The van der Waals surface area contributed by atoms with Crippen molar-refractivity contribution >= 4 is 23.6 Å². The van der Waals surface area contributed by atoms with E-state index in [4.69, 9.17) is 5.11 Å². The summed E-state index contributed by atoms with van der Waals surface area (Å²) in [4.78, 5) is 25.0. The van der Waals surface area contributed by atoms with Crippen molar-refractivity contribution < 1.29 is 29.3 Å². The van der Waals surface area contributed by atoms with Crippen LogP contribution in [0.5, 0.6) is 0 Å². The number of benzene rings is 3. The average molecular weight is 557 g/mol. The molecule has 1 amide bonds. The van der Waals surface area contributed by atoms with Gasteiger partial charge in [0.15, 0.2) is 0 Å². The molecule has 7 nitrogen and oxygen atoms in total. The molecule has 1 unspecified atom stereocenters. The molecule has 41 heavy (non-hydrogen) atoms. The summed E-state index contributed by atoms with van der Waals surface area (Å²) in [5.41, 5.74) is 4.34. The summed E-state index contributed by atoms with van der Waals surface area (Å²) in [6.45, 7) is 3.87. The number of para-hydroxylation sites is 1. The van der Waals surface area contributed by atoms with Gasteiger partial charge in [0.2, 0.25) is 0 Å². The number of nitrogens with one attached hydrogen (secondary N) is 1. The number of carbonyl (C=O) groups excluding carboxylic acids is 1. The maximum absolute atomic E-state index is 14.0. The van der Waals surface area contributed by atoms with Crippen molar-refractivity contribution in [3.8, 4) is 22.3 Å². The molecule has 0 saturated carbocycles. The van der Waals surface area contributed by atoms with Gasteiger partial charge in [-0.15, -0.1) is 0 Å². The van der Waals surface area contributed by atoms with Gasteiger partial charge in [-0.3, -0.25) is 9.59 Å². The molecule has 1 aromatic heterocycles. The van der Waals surface area contributed by atoms with Crippen LogP contribution in [0.25, 0.3) is 28.3 Å². The molecular formula is C33H33FN2O5. The van der Waals surface area contributed by atoms with E-state index in [9.17, 15) is 24.2 Å². The number of amides is 1. The van der Waals surface area contributed by atoms with Crippen LogP contribution >= 0.6 is 0 Å². The van der Waals surface area contributed by atoms with Crippen molar-refractivity contribution in [2.24, 2.45) is 0 Å². The number of carbonyl (C=O) groups is 2. The number of nitrogens with zero attached hydrogens (tertiary/aromatic N) is 1. The SMILES string of the molecule is CC(C)n1c(/C=C/C(O)C[C@@H](O)CC(=O)O)c(-c2ccc(F)cc2)c(-c2ccccc2)c1C(=O)Nc1ccccc1. The van der Waals surface area contributed by atoms with Gasteiger partial charge >= 0.3 is 5.97 Å². The van der Waals surface area contributed by atoms with Crippen LogP contribution in [0.1, 0.15) is 48.9 Å². The third-order valence-corrected chi connectivity index (χ3v) is 6.60. The first kappa shape index (κ1) is 29.5. The molecule has 3 aromatic carbocycles. The first-order valence-corrected chi connectivity index (χ1v) is 13.4. The Labute approximate surface area is 238 Å². The van der Waals surface area contributed by atoms with Gasteiger partial charge in [0.05, 0.1) is 18.6 Å². The highest BCUT2D eigenvalue weighted by Crippen LogP contribution is 2.42. The summed E-state index contributed by atoms with van der Waals surface area (Å²) in [7, 11) is 0. The third kappa shape index (κ3) is 7.16. The Morgan fingerprint density at radius 3 is 2.05 bits per heavy atom. The van der Waals surface area contributed by atoms with Gasteiger partial charge in [-0.1, -0.05) is 66.7 Å². The largest absolute Gasteiger partial charge is 0.481 e. The Kier molecular flexibility index (Phi) is 9.49. The number of hydrogen-bond donors (Lipinski definition) is 4. The monoisotopic (exact) mass is 556 g/mol. The van der Waals surface area contributed by atoms with E-state index in [1.807, 2.05) is 66.9 Å². The van der Waals surface area contributed by atoms with Crippen LogP contribution in [0.3, 0.4) is 0 Å². The second-order valence-corrected chi connectivity index (χ2v) is 10.1. The Morgan fingerprint density at radius 2 is 1.46 bits per heavy atom. The lowest BCUT2D eigenvalue weighted by Gasteiger charge is -2.17. The van der Waals surface area contributed by atoms with Gasteiger partial charge in [-0.05, 0) is 55.3 Å². The minimum Gasteiger partial charge on any atom is -0.481 e. The third-order valence-electron chi connectivity index (χ3n) is 6.60. The van der Waals surface area contributed by atoms with Crippen LogP contribution in [0.4, 0.5) is 10.1 Å². The topological polar surface area (TPSA) is 112 Å². The van der Waals surface area contributed by atoms with E-state index in [2.05, 4.69) is 5.32 Å². The summed E-state index contributed by atoms with van der Waals surface area (Å²) in [6, 6.07) is 24.3. The highest BCUT2D eigenvalue weighted by atomic mass is 19.1. The molecule has 0 aliphatic rings. The molecule has 8 heteroatoms. The molecule has 4 N–H and O–H groups in total. The number of anilines is 1. The summed E-state index contributed by atoms with van der Waals surface area (Å²) >= 11 is 0. The van der Waals surface area contributed by atoms with Gasteiger partial charge in [0.1, 0.15) is 11.5 Å². The van der Waals surface area contributed by atoms with Gasteiger partial charge in [-0.25, -0.2) is 4.39 Å². The molecule has 4 rings (SSSR count). The summed E-state index contributed by atoms with van der Waals surface area (Å²) in [5.74, 6) is -1.91. The van der Waals surface area contributed by atoms with Crippen LogP contribution in [0.2, 0.25) is 0 Å². The van der Waals surface area contributed by atoms with Crippen LogP contribution in [0, 0.1) is 5.82 Å². The normalized spacial score (nSPS) is 12.9. The molecule has 0 aliphatic carbocycles. The number of aromatic nitrogens is 1. The number of aliphatic hydroxyl groups excluding tert-OH is 2. The number of aliphatic hydroxyl groups is 2. The lowest BCUT2D eigenvalue weighted by Crippen LogP contribution is -2.20. The lowest BCUT2D eigenvalue weighted by molar-refractivity contribution is -0.139. The van der Waals surface area contributed by atoms with Gasteiger partial charge in [0.25, 0.3) is 5.91 Å². The van der Waals surface area contributed by atoms with E-state index in [-0.39, 0.29) is 18.4 Å². The van der Waals surface area contributed by atoms with E-state index in [1.54, 1.807) is 30.3 Å². The molecule has 212 valence electrons. The zero-order valence-corrected chi connectivity index (χ0v) is 22.9. The maximum Gasteiger partial charge on any atom is 0.305 e. The second kappa shape index (κ2) is 13.2. The van der Waals surface area contributed by atoms with Crippen LogP contribution in [0.15, 0.2) is 91.0 Å². The van der Waals surface area contributed by atoms with Gasteiger partial charge in [0, 0.05) is 35.0 Å². The second-order valence-electron chi connectivity index (χ2n) is 10.1. The van der Waals surface area contributed by atoms with Crippen molar-refractivity contribution in [2.45, 2.75) is 44.9 Å². The number of halogens is 1. The van der Waals surface area contributed by atoms with Gasteiger partial charge in [-0.2, -0.15) is 0 Å². The van der Waals surface area contributed by atoms with E-state index in [0.29, 0.717) is 33.8 Å². The Hall–Kier alpha value is -4.53. The fraction of sp³-hybridized carbons (Fsp3) is 0.212. The number of carboxylic acids is 1. The molecule has 0 fully saturated rings. The van der Waals surface area contributed by atoms with E-state index in [0.717, 1.165) is 5.56 Å². The maximum atomic E-state index is 14.0. The van der Waals surface area contributed by atoms with Crippen LogP contribution < -0.4 is 5.32 Å². The Morgan fingerprint density at radius 1 is 0.878 bits per heavy atom. The van der Waals surface area contributed by atoms with Crippen LogP contribution in [-0.4, -0.2) is 44.0 Å². The highest BCUT2D eigenvalue weighted by Gasteiger charge is 2.29. The Balaban J connectivity index is 1.96. The van der Waals surface area contributed by atoms with E-state index >= 15 is 0 Å². The molecular weight excluding hydrogens is 523 g/mol. The zero-order chi connectivity index (χ0) is 29.5. The molecule has 0 spiro atoms. The number of carboxylic acid groups (broad SMARTS) is 1. The van der Waals surface area contributed by atoms with Crippen molar-refractivity contribution in [3.05, 3.63) is 108 Å². The Bertz CT molecular complexity index is 1510. The fourth-order valence-electron chi connectivity index (χ4n) is 4.88. The molecule has 0 radical (unpaired) electrons. The van der Waals surface area contributed by atoms with Crippen molar-refractivity contribution in [1.82, 2.24) is 4.57 Å². The minimum atomic E-state index is -1.23. The van der Waals surface area contributed by atoms with E-state index < -0.39 is 30.4 Å². The van der Waals surface area contributed by atoms with E-state index in [1.165, 1.54) is 18.2 Å². The predicted molar refractivity (Wildman–Crippen MR) is 158 cm³/mol. The number of rotatable bonds is 11. The first-order valence-electron chi connectivity index (χ1n) is 13.4. The highest BCUT2D eigenvalue weighted by molar-refractivity contribution is 6.11. The fourth-order valence-corrected chi connectivity index (χ4v) is 4.88. The smallest absolute Gasteiger partial charge is 0.305 e. The summed E-state index contributed by atoms with van der Waals surface area (Å²) < 4.78 is 15.9. The number of aliphatic carboxylic acids is 1. The first-order chi connectivity index (χ1) is 19.7. The summed E-state index contributed by atoms with van der Waals surface area (Å²) in [5, 5.41) is 32.6. The summed E-state index contributed by atoms with van der Waals surface area (Å²) in [6.07, 6.45) is 0.0955. The van der Waals surface area contributed by atoms with Crippen LogP contribution in [-0.2, 0) is 4.79 Å². The lowest BCUT2D eigenvalue weighted by atomic mass is 9.94. The molecule has 1 heterocycles. The van der Waals surface area contributed by atoms with Gasteiger partial charge < -0.3 is 25.2 Å². The predicted octanol–water partition coefficient (Wildman–Crippen LogP) is 6.39. The van der Waals surface area contributed by atoms with Crippen molar-refractivity contribution in [1.29, 1.82) is 0 Å². The zero-order valence-electron chi connectivity index (χ0n) is 22.9. The average Bonchev–Trinajstić information content (AvgIpc) is 3.28. The minimum absolute atomic E-state index is 0.177. The quantitative estimate of drug-likeness (QED) is 0.171. The van der Waals surface area contributed by atoms with Crippen molar-refractivity contribution in [2.75, 3.05) is 5.32 Å². The molecule has 2 atom stereocenters. The standard InChI is InChI=1S/C33H33FN2O5/c1-21(2)36-28(18-17-26(37)19-27(38)20-29(39)40)30(23-13-15-24(34)16-14-23)31(22-9-5-3-6-10-22)32(36)33(41)35-25-11-7-4-8-12-25/h3-18,21,26-27,37-38H,19-20H2,1-2H3,(H,35,41)(H,39,40)/b18-17+/t26?,27-/m1/s1. The number of hydrogen-bond acceptors (Lipinski definition) is 4. The van der Waals surface area contributed by atoms with Crippen molar-refractivity contribution in [3.63, 3.8) is 0 Å². The molecule has 0 bridgehead atoms.